The van der Waals surface area contributed by atoms with Crippen molar-refractivity contribution in [3.8, 4) is 0 Å². The van der Waals surface area contributed by atoms with Gasteiger partial charge in [0.25, 0.3) is 0 Å². The minimum absolute atomic E-state index is 0.397. The zero-order chi connectivity index (χ0) is 10.7. The summed E-state index contributed by atoms with van der Waals surface area (Å²) in [5.74, 6) is 0. The van der Waals surface area contributed by atoms with Gasteiger partial charge in [0.15, 0.2) is 0 Å². The van der Waals surface area contributed by atoms with Crippen LogP contribution in [0.5, 0.6) is 0 Å². The molecule has 2 aromatic rings. The summed E-state index contributed by atoms with van der Waals surface area (Å²) >= 11 is 1.65. The molecular formula is C12H13NOS. The Bertz CT molecular complexity index is 424. The first kappa shape index (κ1) is 10.3. The largest absolute Gasteiger partial charge is 0.387 e. The van der Waals surface area contributed by atoms with E-state index in [-0.39, 0.29) is 0 Å². The lowest BCUT2D eigenvalue weighted by Gasteiger charge is -2.07. The maximum absolute atomic E-state index is 9.98. The predicted octanol–water partition coefficient (Wildman–Crippen LogP) is 2.73. The molecule has 0 bridgehead atoms. The van der Waals surface area contributed by atoms with Gasteiger partial charge in [-0.3, -0.25) is 4.98 Å². The average Bonchev–Trinajstić information content (AvgIpc) is 2.66. The van der Waals surface area contributed by atoms with Gasteiger partial charge < -0.3 is 5.11 Å². The first-order valence-electron chi connectivity index (χ1n) is 4.89. The summed E-state index contributed by atoms with van der Waals surface area (Å²) in [5.41, 5.74) is 1.11. The van der Waals surface area contributed by atoms with Crippen LogP contribution in [0.25, 0.3) is 0 Å². The first-order valence-corrected chi connectivity index (χ1v) is 5.70. The van der Waals surface area contributed by atoms with E-state index in [0.717, 1.165) is 10.4 Å². The number of aliphatic hydroxyl groups excluding tert-OH is 1. The molecule has 0 saturated heterocycles. The highest BCUT2D eigenvalue weighted by molar-refractivity contribution is 7.12. The molecule has 3 heteroatoms. The fraction of sp³-hybridized carbons (Fsp3) is 0.250. The number of rotatable bonds is 3. The summed E-state index contributed by atoms with van der Waals surface area (Å²) in [5, 5.41) is 9.98. The Hall–Kier alpha value is -1.19. The molecule has 0 aliphatic rings. The van der Waals surface area contributed by atoms with Crippen LogP contribution in [0.2, 0.25) is 0 Å². The SMILES string of the molecule is Cc1ccc(C(O)Cc2ccncc2)s1. The van der Waals surface area contributed by atoms with Crippen LogP contribution >= 0.6 is 11.3 Å². The van der Waals surface area contributed by atoms with Crippen LogP contribution in [0.15, 0.2) is 36.7 Å². The van der Waals surface area contributed by atoms with Crippen molar-refractivity contribution in [3.05, 3.63) is 52.0 Å². The molecule has 0 aliphatic heterocycles. The van der Waals surface area contributed by atoms with Gasteiger partial charge in [-0.25, -0.2) is 0 Å². The molecule has 0 spiro atoms. The number of aryl methyl sites for hydroxylation is 1. The normalized spacial score (nSPS) is 12.7. The molecule has 1 N–H and O–H groups in total. The first-order chi connectivity index (χ1) is 7.25. The van der Waals surface area contributed by atoms with E-state index >= 15 is 0 Å². The van der Waals surface area contributed by atoms with Gasteiger partial charge in [-0.15, -0.1) is 11.3 Å². The standard InChI is InChI=1S/C12H13NOS/c1-9-2-3-12(15-9)11(14)8-10-4-6-13-7-5-10/h2-7,11,14H,8H2,1H3. The van der Waals surface area contributed by atoms with Gasteiger partial charge in [0.1, 0.15) is 0 Å². The number of hydrogen-bond donors (Lipinski definition) is 1. The maximum atomic E-state index is 9.98. The molecular weight excluding hydrogens is 206 g/mol. The van der Waals surface area contributed by atoms with Crippen molar-refractivity contribution in [1.29, 1.82) is 0 Å². The second-order valence-electron chi connectivity index (χ2n) is 3.52. The van der Waals surface area contributed by atoms with Gasteiger partial charge >= 0.3 is 0 Å². The van der Waals surface area contributed by atoms with Gasteiger partial charge in [-0.2, -0.15) is 0 Å². The Morgan fingerprint density at radius 2 is 2.00 bits per heavy atom. The topological polar surface area (TPSA) is 33.1 Å². The lowest BCUT2D eigenvalue weighted by Crippen LogP contribution is -1.99. The van der Waals surface area contributed by atoms with E-state index in [2.05, 4.69) is 4.98 Å². The fourth-order valence-corrected chi connectivity index (χ4v) is 2.34. The van der Waals surface area contributed by atoms with Crippen LogP contribution in [0.1, 0.15) is 21.4 Å². The Morgan fingerprint density at radius 1 is 1.27 bits per heavy atom. The molecule has 1 atom stereocenters. The van der Waals surface area contributed by atoms with E-state index in [1.165, 1.54) is 4.88 Å². The third kappa shape index (κ3) is 2.64. The molecule has 15 heavy (non-hydrogen) atoms. The van der Waals surface area contributed by atoms with E-state index < -0.39 is 6.10 Å². The molecule has 78 valence electrons. The molecule has 2 rings (SSSR count). The van der Waals surface area contributed by atoms with Gasteiger partial charge in [0.2, 0.25) is 0 Å². The fourth-order valence-electron chi connectivity index (χ4n) is 1.48. The van der Waals surface area contributed by atoms with Crippen LogP contribution in [-0.2, 0) is 6.42 Å². The van der Waals surface area contributed by atoms with Crippen LogP contribution in [0, 0.1) is 6.92 Å². The van der Waals surface area contributed by atoms with Crippen molar-refractivity contribution >= 4 is 11.3 Å². The second-order valence-corrected chi connectivity index (χ2v) is 4.84. The Labute approximate surface area is 93.2 Å². The summed E-state index contributed by atoms with van der Waals surface area (Å²) in [6, 6.07) is 7.90. The van der Waals surface area contributed by atoms with Crippen molar-refractivity contribution in [2.45, 2.75) is 19.4 Å². The minimum Gasteiger partial charge on any atom is -0.387 e. The Kier molecular flexibility index (Phi) is 3.14. The van der Waals surface area contributed by atoms with E-state index in [9.17, 15) is 5.11 Å². The van der Waals surface area contributed by atoms with Gasteiger partial charge in [0, 0.05) is 28.6 Å². The van der Waals surface area contributed by atoms with E-state index in [4.69, 9.17) is 0 Å². The number of pyridine rings is 1. The third-order valence-electron chi connectivity index (χ3n) is 2.27. The van der Waals surface area contributed by atoms with E-state index in [0.29, 0.717) is 6.42 Å². The number of nitrogens with zero attached hydrogens (tertiary/aromatic N) is 1. The number of thiophene rings is 1. The van der Waals surface area contributed by atoms with Crippen molar-refractivity contribution < 1.29 is 5.11 Å². The zero-order valence-electron chi connectivity index (χ0n) is 8.55. The van der Waals surface area contributed by atoms with Crippen LogP contribution in [0.3, 0.4) is 0 Å². The number of hydrogen-bond acceptors (Lipinski definition) is 3. The van der Waals surface area contributed by atoms with Crippen molar-refractivity contribution in [2.24, 2.45) is 0 Å². The van der Waals surface area contributed by atoms with E-state index in [1.54, 1.807) is 23.7 Å². The molecule has 0 aromatic carbocycles. The summed E-state index contributed by atoms with van der Waals surface area (Å²) in [6.07, 6.45) is 3.76. The third-order valence-corrected chi connectivity index (χ3v) is 3.37. The molecule has 0 amide bonds. The van der Waals surface area contributed by atoms with E-state index in [1.807, 2.05) is 31.2 Å². The average molecular weight is 219 g/mol. The van der Waals surface area contributed by atoms with Crippen LogP contribution in [0.4, 0.5) is 0 Å². The predicted molar refractivity (Wildman–Crippen MR) is 62.0 cm³/mol. The molecule has 0 aliphatic carbocycles. The minimum atomic E-state index is -0.397. The molecule has 2 aromatic heterocycles. The zero-order valence-corrected chi connectivity index (χ0v) is 9.37. The molecule has 0 saturated carbocycles. The molecule has 0 fully saturated rings. The summed E-state index contributed by atoms with van der Waals surface area (Å²) in [4.78, 5) is 6.22. The number of aliphatic hydroxyl groups is 1. The molecule has 0 radical (unpaired) electrons. The van der Waals surface area contributed by atoms with Crippen molar-refractivity contribution in [1.82, 2.24) is 4.98 Å². The highest BCUT2D eigenvalue weighted by Gasteiger charge is 2.10. The highest BCUT2D eigenvalue weighted by Crippen LogP contribution is 2.25. The van der Waals surface area contributed by atoms with Gasteiger partial charge in [0.05, 0.1) is 6.10 Å². The highest BCUT2D eigenvalue weighted by atomic mass is 32.1. The monoisotopic (exact) mass is 219 g/mol. The van der Waals surface area contributed by atoms with Crippen LogP contribution < -0.4 is 0 Å². The quantitative estimate of drug-likeness (QED) is 0.861. The molecule has 2 nitrogen and oxygen atoms in total. The van der Waals surface area contributed by atoms with Crippen molar-refractivity contribution in [3.63, 3.8) is 0 Å². The maximum Gasteiger partial charge on any atom is 0.0922 e. The second kappa shape index (κ2) is 4.55. The molecule has 2 heterocycles. The summed E-state index contributed by atoms with van der Waals surface area (Å²) < 4.78 is 0. The smallest absolute Gasteiger partial charge is 0.0922 e. The van der Waals surface area contributed by atoms with Crippen LogP contribution in [-0.4, -0.2) is 10.1 Å². The van der Waals surface area contributed by atoms with Gasteiger partial charge in [-0.1, -0.05) is 0 Å². The summed E-state index contributed by atoms with van der Waals surface area (Å²) in [7, 11) is 0. The lowest BCUT2D eigenvalue weighted by atomic mass is 10.1. The Morgan fingerprint density at radius 3 is 2.60 bits per heavy atom. The Balaban J connectivity index is 2.07. The lowest BCUT2D eigenvalue weighted by molar-refractivity contribution is 0.182. The number of aromatic nitrogens is 1. The molecule has 1 unspecified atom stereocenters. The summed E-state index contributed by atoms with van der Waals surface area (Å²) in [6.45, 7) is 2.05. The van der Waals surface area contributed by atoms with Crippen molar-refractivity contribution in [2.75, 3.05) is 0 Å². The van der Waals surface area contributed by atoms with Gasteiger partial charge in [-0.05, 0) is 36.8 Å².